The molecule has 0 spiro atoms. The molecular formula is C23H31NO3. The van der Waals surface area contributed by atoms with E-state index in [9.17, 15) is 4.79 Å². The van der Waals surface area contributed by atoms with E-state index in [4.69, 9.17) is 9.47 Å². The van der Waals surface area contributed by atoms with E-state index in [2.05, 4.69) is 50.4 Å². The molecule has 27 heavy (non-hydrogen) atoms. The topological polar surface area (TPSA) is 47.6 Å². The molecule has 1 amide bonds. The van der Waals surface area contributed by atoms with E-state index >= 15 is 0 Å². The van der Waals surface area contributed by atoms with Gasteiger partial charge in [-0.15, -0.1) is 0 Å². The average Bonchev–Trinajstić information content (AvgIpc) is 2.65. The summed E-state index contributed by atoms with van der Waals surface area (Å²) >= 11 is 0. The lowest BCUT2D eigenvalue weighted by atomic mass is 9.86. The number of methoxy groups -OCH3 is 1. The van der Waals surface area contributed by atoms with E-state index < -0.39 is 6.10 Å². The number of hydrogen-bond acceptors (Lipinski definition) is 3. The van der Waals surface area contributed by atoms with Gasteiger partial charge in [0, 0.05) is 6.07 Å². The molecule has 1 N–H and O–H groups in total. The predicted octanol–water partition coefficient (Wildman–Crippen LogP) is 5.03. The molecule has 0 saturated heterocycles. The van der Waals surface area contributed by atoms with Crippen molar-refractivity contribution in [2.24, 2.45) is 0 Å². The van der Waals surface area contributed by atoms with E-state index in [-0.39, 0.29) is 17.4 Å². The Labute approximate surface area is 162 Å². The summed E-state index contributed by atoms with van der Waals surface area (Å²) in [4.78, 5) is 12.7. The third-order valence-corrected chi connectivity index (χ3v) is 4.62. The van der Waals surface area contributed by atoms with Crippen LogP contribution in [0.2, 0.25) is 0 Å². The van der Waals surface area contributed by atoms with Crippen LogP contribution < -0.4 is 14.8 Å². The maximum Gasteiger partial charge on any atom is 0.261 e. The number of benzene rings is 2. The van der Waals surface area contributed by atoms with Crippen molar-refractivity contribution >= 4 is 5.91 Å². The minimum Gasteiger partial charge on any atom is -0.497 e. The zero-order valence-electron chi connectivity index (χ0n) is 17.2. The van der Waals surface area contributed by atoms with Gasteiger partial charge in [-0.3, -0.25) is 4.79 Å². The Morgan fingerprint density at radius 3 is 2.26 bits per heavy atom. The first-order valence-electron chi connectivity index (χ1n) is 9.46. The van der Waals surface area contributed by atoms with Gasteiger partial charge in [-0.2, -0.15) is 0 Å². The molecule has 146 valence electrons. The summed E-state index contributed by atoms with van der Waals surface area (Å²) in [6, 6.07) is 15.6. The van der Waals surface area contributed by atoms with Gasteiger partial charge in [0.2, 0.25) is 0 Å². The van der Waals surface area contributed by atoms with Crippen molar-refractivity contribution in [3.8, 4) is 11.5 Å². The molecule has 4 nitrogen and oxygen atoms in total. The molecule has 0 aromatic heterocycles. The van der Waals surface area contributed by atoms with Gasteiger partial charge in [0.15, 0.2) is 6.10 Å². The number of rotatable bonds is 7. The lowest BCUT2D eigenvalue weighted by Gasteiger charge is -2.22. The Balaban J connectivity index is 2.02. The first kappa shape index (κ1) is 20.8. The molecule has 2 rings (SSSR count). The minimum atomic E-state index is -0.548. The Morgan fingerprint density at radius 2 is 1.70 bits per heavy atom. The van der Waals surface area contributed by atoms with Crippen LogP contribution in [0.5, 0.6) is 11.5 Å². The fraction of sp³-hybridized carbons (Fsp3) is 0.435. The Kier molecular flexibility index (Phi) is 6.89. The first-order valence-corrected chi connectivity index (χ1v) is 9.46. The highest BCUT2D eigenvalue weighted by Gasteiger charge is 2.21. The van der Waals surface area contributed by atoms with E-state index in [1.807, 2.05) is 32.0 Å². The molecule has 0 radical (unpaired) electrons. The Morgan fingerprint density at radius 1 is 1.07 bits per heavy atom. The third-order valence-electron chi connectivity index (χ3n) is 4.62. The quantitative estimate of drug-likeness (QED) is 0.745. The van der Waals surface area contributed by atoms with Gasteiger partial charge in [-0.1, -0.05) is 58.0 Å². The molecule has 4 heteroatoms. The van der Waals surface area contributed by atoms with Crippen LogP contribution in [0.15, 0.2) is 48.5 Å². The second kappa shape index (κ2) is 8.94. The summed E-state index contributed by atoms with van der Waals surface area (Å²) in [6.45, 7) is 10.5. The van der Waals surface area contributed by atoms with Crippen molar-refractivity contribution in [3.63, 3.8) is 0 Å². The van der Waals surface area contributed by atoms with Crippen LogP contribution in [0.25, 0.3) is 0 Å². The summed E-state index contributed by atoms with van der Waals surface area (Å²) in [5, 5.41) is 3.06. The summed E-state index contributed by atoms with van der Waals surface area (Å²) < 4.78 is 11.1. The van der Waals surface area contributed by atoms with Crippen molar-refractivity contribution in [1.82, 2.24) is 5.32 Å². The van der Waals surface area contributed by atoms with E-state index in [1.165, 1.54) is 5.56 Å². The smallest absolute Gasteiger partial charge is 0.261 e. The number of ether oxygens (including phenoxy) is 2. The lowest BCUT2D eigenvalue weighted by Crippen LogP contribution is -2.39. The molecule has 2 atom stereocenters. The predicted molar refractivity (Wildman–Crippen MR) is 109 cm³/mol. The molecule has 2 aromatic carbocycles. The van der Waals surface area contributed by atoms with Crippen molar-refractivity contribution in [2.45, 2.75) is 58.6 Å². The summed E-state index contributed by atoms with van der Waals surface area (Å²) in [5.74, 6) is 1.21. The monoisotopic (exact) mass is 369 g/mol. The standard InChI is InChI=1S/C23H31NO3/c1-7-21(27-20-10-8-9-19(15-20)26-6)22(25)24-16(2)17-11-13-18(14-12-17)23(3,4)5/h8-16,21H,7H2,1-6H3,(H,24,25). The first-order chi connectivity index (χ1) is 12.7. The van der Waals surface area contributed by atoms with Gasteiger partial charge in [-0.05, 0) is 42.0 Å². The SMILES string of the molecule is CCC(Oc1cccc(OC)c1)C(=O)NC(C)c1ccc(C(C)(C)C)cc1. The molecular weight excluding hydrogens is 338 g/mol. The van der Waals surface area contributed by atoms with E-state index in [0.717, 1.165) is 5.56 Å². The average molecular weight is 370 g/mol. The fourth-order valence-corrected chi connectivity index (χ4v) is 2.82. The van der Waals surface area contributed by atoms with E-state index in [0.29, 0.717) is 17.9 Å². The maximum atomic E-state index is 12.7. The van der Waals surface area contributed by atoms with Crippen molar-refractivity contribution < 1.29 is 14.3 Å². The van der Waals surface area contributed by atoms with Crippen molar-refractivity contribution in [1.29, 1.82) is 0 Å². The Hall–Kier alpha value is -2.49. The molecule has 2 unspecified atom stereocenters. The highest BCUT2D eigenvalue weighted by molar-refractivity contribution is 5.81. The molecule has 0 aliphatic rings. The minimum absolute atomic E-state index is 0.0884. The largest absolute Gasteiger partial charge is 0.497 e. The van der Waals surface area contributed by atoms with Gasteiger partial charge in [0.05, 0.1) is 13.2 Å². The van der Waals surface area contributed by atoms with Crippen LogP contribution in [0.1, 0.15) is 58.2 Å². The van der Waals surface area contributed by atoms with Crippen LogP contribution in [-0.4, -0.2) is 19.1 Å². The number of nitrogens with one attached hydrogen (secondary N) is 1. The Bertz CT molecular complexity index is 747. The molecule has 0 bridgehead atoms. The number of hydrogen-bond donors (Lipinski definition) is 1. The maximum absolute atomic E-state index is 12.7. The normalized spacial score (nSPS) is 13.6. The van der Waals surface area contributed by atoms with Gasteiger partial charge in [0.1, 0.15) is 11.5 Å². The molecule has 0 aliphatic carbocycles. The van der Waals surface area contributed by atoms with Crippen LogP contribution in [0.3, 0.4) is 0 Å². The van der Waals surface area contributed by atoms with Gasteiger partial charge < -0.3 is 14.8 Å². The third kappa shape index (κ3) is 5.75. The van der Waals surface area contributed by atoms with Crippen LogP contribution >= 0.6 is 0 Å². The number of carbonyl (C=O) groups is 1. The zero-order chi connectivity index (χ0) is 20.0. The summed E-state index contributed by atoms with van der Waals surface area (Å²) in [6.07, 6.45) is 0.0343. The van der Waals surface area contributed by atoms with Gasteiger partial charge in [-0.25, -0.2) is 0 Å². The number of amides is 1. The molecule has 0 aliphatic heterocycles. The number of carbonyl (C=O) groups excluding carboxylic acids is 1. The van der Waals surface area contributed by atoms with Crippen LogP contribution in [0, 0.1) is 0 Å². The van der Waals surface area contributed by atoms with Gasteiger partial charge in [0.25, 0.3) is 5.91 Å². The highest BCUT2D eigenvalue weighted by Crippen LogP contribution is 2.24. The fourth-order valence-electron chi connectivity index (χ4n) is 2.82. The molecule has 2 aromatic rings. The van der Waals surface area contributed by atoms with E-state index in [1.54, 1.807) is 13.2 Å². The van der Waals surface area contributed by atoms with Crippen molar-refractivity contribution in [2.75, 3.05) is 7.11 Å². The lowest BCUT2D eigenvalue weighted by molar-refractivity contribution is -0.128. The van der Waals surface area contributed by atoms with Crippen molar-refractivity contribution in [3.05, 3.63) is 59.7 Å². The molecule has 0 fully saturated rings. The molecule has 0 heterocycles. The van der Waals surface area contributed by atoms with Gasteiger partial charge >= 0.3 is 0 Å². The second-order valence-corrected chi connectivity index (χ2v) is 7.80. The zero-order valence-corrected chi connectivity index (χ0v) is 17.2. The summed E-state index contributed by atoms with van der Waals surface area (Å²) in [7, 11) is 1.61. The van der Waals surface area contributed by atoms with Crippen LogP contribution in [-0.2, 0) is 10.2 Å². The highest BCUT2D eigenvalue weighted by atomic mass is 16.5. The van der Waals surface area contributed by atoms with Crippen LogP contribution in [0.4, 0.5) is 0 Å². The second-order valence-electron chi connectivity index (χ2n) is 7.80. The summed E-state index contributed by atoms with van der Waals surface area (Å²) in [5.41, 5.74) is 2.47. The molecule has 0 saturated carbocycles.